The highest BCUT2D eigenvalue weighted by Gasteiger charge is 2.12. The van der Waals surface area contributed by atoms with E-state index in [0.29, 0.717) is 16.8 Å². The summed E-state index contributed by atoms with van der Waals surface area (Å²) in [6, 6.07) is 5.89. The molecule has 0 atom stereocenters. The lowest BCUT2D eigenvalue weighted by Gasteiger charge is -2.10. The highest BCUT2D eigenvalue weighted by molar-refractivity contribution is 6.34. The van der Waals surface area contributed by atoms with Gasteiger partial charge in [0.2, 0.25) is 0 Å². The highest BCUT2D eigenvalue weighted by atomic mass is 35.5. The number of nitrogens with zero attached hydrogens (tertiary/aromatic N) is 2. The third kappa shape index (κ3) is 4.35. The van der Waals surface area contributed by atoms with Gasteiger partial charge in [-0.2, -0.15) is 0 Å². The van der Waals surface area contributed by atoms with Gasteiger partial charge in [-0.1, -0.05) is 31.5 Å². The smallest absolute Gasteiger partial charge is 0.111 e. The van der Waals surface area contributed by atoms with Crippen molar-refractivity contribution in [1.29, 1.82) is 0 Å². The Kier molecular flexibility index (Phi) is 6.34. The zero-order valence-corrected chi connectivity index (χ0v) is 14.1. The number of ether oxygens (including phenoxy) is 1. The molecule has 0 unspecified atom stereocenters. The van der Waals surface area contributed by atoms with Crippen LogP contribution in [0.3, 0.4) is 0 Å². The number of halogens is 2. The summed E-state index contributed by atoms with van der Waals surface area (Å²) in [5.41, 5.74) is 1.94. The Balaban J connectivity index is 2.09. The molecule has 0 radical (unpaired) electrons. The predicted octanol–water partition coefficient (Wildman–Crippen LogP) is 4.53. The highest BCUT2D eigenvalue weighted by Crippen LogP contribution is 2.24. The fraction of sp³-hybridized carbons (Fsp3) is 0.562. The average molecular weight is 329 g/mol. The third-order valence-electron chi connectivity index (χ3n) is 3.25. The van der Waals surface area contributed by atoms with Gasteiger partial charge in [0.15, 0.2) is 0 Å². The van der Waals surface area contributed by atoms with Crippen LogP contribution in [-0.4, -0.2) is 28.6 Å². The number of alkyl halides is 1. The summed E-state index contributed by atoms with van der Waals surface area (Å²) in [7, 11) is 0. The molecule has 0 N–H and O–H groups in total. The molecule has 0 aliphatic carbocycles. The van der Waals surface area contributed by atoms with Crippen LogP contribution in [0.2, 0.25) is 5.02 Å². The van der Waals surface area contributed by atoms with Crippen LogP contribution in [0.15, 0.2) is 18.2 Å². The normalized spacial score (nSPS) is 11.7. The Bertz CT molecular complexity index is 581. The maximum absolute atomic E-state index is 6.23. The van der Waals surface area contributed by atoms with Crippen molar-refractivity contribution in [2.75, 3.05) is 19.1 Å². The van der Waals surface area contributed by atoms with Crippen LogP contribution < -0.4 is 0 Å². The van der Waals surface area contributed by atoms with Crippen molar-refractivity contribution in [3.05, 3.63) is 29.0 Å². The molecule has 2 aromatic rings. The minimum Gasteiger partial charge on any atom is -0.381 e. The number of aryl methyl sites for hydroxylation is 2. The number of rotatable bonds is 8. The van der Waals surface area contributed by atoms with Crippen molar-refractivity contribution in [3.8, 4) is 0 Å². The molecule has 0 aliphatic heterocycles. The molecule has 0 saturated heterocycles. The largest absolute Gasteiger partial charge is 0.381 e. The van der Waals surface area contributed by atoms with Gasteiger partial charge in [-0.05, 0) is 24.5 Å². The molecule has 0 spiro atoms. The minimum absolute atomic E-state index is 0.560. The van der Waals surface area contributed by atoms with Crippen molar-refractivity contribution in [2.45, 2.75) is 33.2 Å². The predicted molar refractivity (Wildman–Crippen MR) is 89.4 cm³/mol. The second kappa shape index (κ2) is 8.02. The zero-order valence-electron chi connectivity index (χ0n) is 12.6. The molecule has 1 heterocycles. The first-order valence-corrected chi connectivity index (χ1v) is 8.32. The van der Waals surface area contributed by atoms with E-state index in [1.54, 1.807) is 0 Å². The second-order valence-electron chi connectivity index (χ2n) is 5.55. The van der Waals surface area contributed by atoms with Gasteiger partial charge in [-0.3, -0.25) is 0 Å². The fourth-order valence-electron chi connectivity index (χ4n) is 2.33. The van der Waals surface area contributed by atoms with E-state index in [9.17, 15) is 0 Å². The number of benzene rings is 1. The summed E-state index contributed by atoms with van der Waals surface area (Å²) in [5, 5.41) is 0.693. The number of aromatic nitrogens is 2. The van der Waals surface area contributed by atoms with E-state index in [2.05, 4.69) is 29.5 Å². The average Bonchev–Trinajstić information content (AvgIpc) is 2.78. The number of para-hydroxylation sites is 1. The maximum atomic E-state index is 6.23. The van der Waals surface area contributed by atoms with Gasteiger partial charge in [-0.15, -0.1) is 11.6 Å². The number of imidazole rings is 1. The summed E-state index contributed by atoms with van der Waals surface area (Å²) in [4.78, 5) is 4.63. The van der Waals surface area contributed by atoms with Gasteiger partial charge in [0, 0.05) is 32.1 Å². The van der Waals surface area contributed by atoms with E-state index in [1.807, 2.05) is 12.1 Å². The first-order valence-electron chi connectivity index (χ1n) is 7.40. The lowest BCUT2D eigenvalue weighted by molar-refractivity contribution is 0.105. The van der Waals surface area contributed by atoms with E-state index in [1.165, 1.54) is 0 Å². The van der Waals surface area contributed by atoms with E-state index < -0.39 is 0 Å². The summed E-state index contributed by atoms with van der Waals surface area (Å²) in [6.45, 7) is 6.76. The molecule has 0 fully saturated rings. The lowest BCUT2D eigenvalue weighted by Crippen LogP contribution is -2.09. The maximum Gasteiger partial charge on any atom is 0.111 e. The third-order valence-corrected chi connectivity index (χ3v) is 3.74. The van der Waals surface area contributed by atoms with Crippen molar-refractivity contribution in [3.63, 3.8) is 0 Å². The Labute approximate surface area is 136 Å². The molecule has 116 valence electrons. The molecular formula is C16H22Cl2N2O. The Hall–Kier alpha value is -0.770. The number of hydrogen-bond acceptors (Lipinski definition) is 2. The first kappa shape index (κ1) is 16.6. The van der Waals surface area contributed by atoms with E-state index >= 15 is 0 Å². The first-order chi connectivity index (χ1) is 10.1. The Morgan fingerprint density at radius 3 is 2.86 bits per heavy atom. The summed E-state index contributed by atoms with van der Waals surface area (Å²) in [6.07, 6.45) is 1.71. The SMILES string of the molecule is CC(C)COCCCn1c(CCCl)nc2c(Cl)cccc21. The molecule has 21 heavy (non-hydrogen) atoms. The van der Waals surface area contributed by atoms with Gasteiger partial charge in [0.1, 0.15) is 11.3 Å². The van der Waals surface area contributed by atoms with Crippen molar-refractivity contribution < 1.29 is 4.74 Å². The van der Waals surface area contributed by atoms with Gasteiger partial charge >= 0.3 is 0 Å². The molecule has 0 bridgehead atoms. The molecule has 2 rings (SSSR count). The van der Waals surface area contributed by atoms with Gasteiger partial charge < -0.3 is 9.30 Å². The molecule has 5 heteroatoms. The molecule has 0 saturated carbocycles. The van der Waals surface area contributed by atoms with Gasteiger partial charge in [0.05, 0.1) is 10.5 Å². The monoisotopic (exact) mass is 328 g/mol. The number of fused-ring (bicyclic) bond motifs is 1. The molecule has 0 amide bonds. The summed E-state index contributed by atoms with van der Waals surface area (Å²) in [5.74, 6) is 2.13. The summed E-state index contributed by atoms with van der Waals surface area (Å²) >= 11 is 12.1. The van der Waals surface area contributed by atoms with Crippen LogP contribution in [0, 0.1) is 5.92 Å². The van der Waals surface area contributed by atoms with E-state index in [4.69, 9.17) is 27.9 Å². The van der Waals surface area contributed by atoms with Crippen LogP contribution in [0.25, 0.3) is 11.0 Å². The summed E-state index contributed by atoms with van der Waals surface area (Å²) < 4.78 is 7.85. The van der Waals surface area contributed by atoms with E-state index in [-0.39, 0.29) is 0 Å². The van der Waals surface area contributed by atoms with Crippen LogP contribution in [0.1, 0.15) is 26.1 Å². The van der Waals surface area contributed by atoms with Crippen LogP contribution in [-0.2, 0) is 17.7 Å². The molecule has 3 nitrogen and oxygen atoms in total. The van der Waals surface area contributed by atoms with Crippen molar-refractivity contribution >= 4 is 34.2 Å². The zero-order chi connectivity index (χ0) is 15.2. The van der Waals surface area contributed by atoms with E-state index in [0.717, 1.165) is 49.5 Å². The fourth-order valence-corrected chi connectivity index (χ4v) is 2.71. The topological polar surface area (TPSA) is 27.1 Å². The molecule has 1 aromatic heterocycles. The molecule has 1 aromatic carbocycles. The standard InChI is InChI=1S/C16H22Cl2N2O/c1-12(2)11-21-10-4-9-20-14-6-3-5-13(18)16(14)19-15(20)7-8-17/h3,5-6,12H,4,7-11H2,1-2H3. The second-order valence-corrected chi connectivity index (χ2v) is 6.33. The van der Waals surface area contributed by atoms with Gasteiger partial charge in [-0.25, -0.2) is 4.98 Å². The van der Waals surface area contributed by atoms with Crippen molar-refractivity contribution in [1.82, 2.24) is 9.55 Å². The molecular weight excluding hydrogens is 307 g/mol. The van der Waals surface area contributed by atoms with Crippen molar-refractivity contribution in [2.24, 2.45) is 5.92 Å². The lowest BCUT2D eigenvalue weighted by atomic mass is 10.2. The number of hydrogen-bond donors (Lipinski definition) is 0. The minimum atomic E-state index is 0.560. The molecule has 0 aliphatic rings. The van der Waals surface area contributed by atoms with Crippen LogP contribution >= 0.6 is 23.2 Å². The Morgan fingerprint density at radius 1 is 1.33 bits per heavy atom. The van der Waals surface area contributed by atoms with Crippen LogP contribution in [0.5, 0.6) is 0 Å². The quantitative estimate of drug-likeness (QED) is 0.525. The van der Waals surface area contributed by atoms with Crippen LogP contribution in [0.4, 0.5) is 0 Å². The van der Waals surface area contributed by atoms with Gasteiger partial charge in [0.25, 0.3) is 0 Å². The Morgan fingerprint density at radius 2 is 2.14 bits per heavy atom.